The first-order valence-electron chi connectivity index (χ1n) is 7.36. The van der Waals surface area contributed by atoms with Crippen LogP contribution in [0.1, 0.15) is 24.8 Å². The number of benzene rings is 1. The molecule has 108 valence electrons. The Morgan fingerprint density at radius 3 is 3.00 bits per heavy atom. The molecule has 4 heteroatoms. The van der Waals surface area contributed by atoms with Crippen molar-refractivity contribution in [3.8, 4) is 5.75 Å². The molecule has 1 aliphatic carbocycles. The SMILES string of the molecule is O=C(NCC1CCCC1Br)C1COc2ccccc2C1. The highest BCUT2D eigenvalue weighted by Gasteiger charge is 2.28. The van der Waals surface area contributed by atoms with Crippen molar-refractivity contribution in [2.24, 2.45) is 11.8 Å². The summed E-state index contributed by atoms with van der Waals surface area (Å²) in [6.07, 6.45) is 4.47. The predicted octanol–water partition coefficient (Wildman–Crippen LogP) is 2.92. The number of carbonyl (C=O) groups excluding carboxylic acids is 1. The molecular weight excluding hydrogens is 318 g/mol. The van der Waals surface area contributed by atoms with Gasteiger partial charge in [-0.3, -0.25) is 4.79 Å². The van der Waals surface area contributed by atoms with Crippen LogP contribution in [0.15, 0.2) is 24.3 Å². The van der Waals surface area contributed by atoms with Crippen molar-refractivity contribution in [2.45, 2.75) is 30.5 Å². The van der Waals surface area contributed by atoms with E-state index in [-0.39, 0.29) is 11.8 Å². The van der Waals surface area contributed by atoms with Gasteiger partial charge in [-0.1, -0.05) is 40.5 Å². The van der Waals surface area contributed by atoms with Gasteiger partial charge in [-0.05, 0) is 36.8 Å². The van der Waals surface area contributed by atoms with E-state index in [1.165, 1.54) is 19.3 Å². The quantitative estimate of drug-likeness (QED) is 0.861. The van der Waals surface area contributed by atoms with Crippen molar-refractivity contribution in [3.63, 3.8) is 0 Å². The standard InChI is InChI=1S/C16H20BrNO2/c17-14-6-3-5-12(14)9-18-16(19)13-8-11-4-1-2-7-15(11)20-10-13/h1-2,4,7,12-14H,3,5-6,8-10H2,(H,18,19). The fraction of sp³-hybridized carbons (Fsp3) is 0.562. The number of amides is 1. The number of para-hydroxylation sites is 1. The number of fused-ring (bicyclic) bond motifs is 1. The van der Waals surface area contributed by atoms with Crippen LogP contribution in [0.5, 0.6) is 5.75 Å². The molecule has 0 bridgehead atoms. The molecule has 3 unspecified atom stereocenters. The molecule has 0 aromatic heterocycles. The Balaban J connectivity index is 1.54. The highest BCUT2D eigenvalue weighted by Crippen LogP contribution is 2.31. The molecule has 0 saturated heterocycles. The molecule has 0 radical (unpaired) electrons. The molecule has 3 nitrogen and oxygen atoms in total. The number of carbonyl (C=O) groups is 1. The van der Waals surface area contributed by atoms with E-state index in [1.807, 2.05) is 24.3 Å². The van der Waals surface area contributed by atoms with Crippen molar-refractivity contribution in [3.05, 3.63) is 29.8 Å². The smallest absolute Gasteiger partial charge is 0.226 e. The Morgan fingerprint density at radius 1 is 1.35 bits per heavy atom. The molecule has 1 aromatic rings. The third-order valence-corrected chi connectivity index (χ3v) is 5.56. The van der Waals surface area contributed by atoms with Crippen LogP contribution in [0.3, 0.4) is 0 Å². The summed E-state index contributed by atoms with van der Waals surface area (Å²) in [5.41, 5.74) is 1.14. The number of alkyl halides is 1. The lowest BCUT2D eigenvalue weighted by molar-refractivity contribution is -0.126. The normalized spacial score (nSPS) is 28.6. The van der Waals surface area contributed by atoms with Crippen LogP contribution >= 0.6 is 15.9 Å². The second kappa shape index (κ2) is 6.17. The van der Waals surface area contributed by atoms with Crippen LogP contribution in [0, 0.1) is 11.8 Å². The summed E-state index contributed by atoms with van der Waals surface area (Å²) in [7, 11) is 0. The first-order chi connectivity index (χ1) is 9.74. The minimum atomic E-state index is -0.0555. The van der Waals surface area contributed by atoms with E-state index in [0.29, 0.717) is 17.4 Å². The molecule has 1 aromatic carbocycles. The zero-order chi connectivity index (χ0) is 13.9. The number of nitrogens with one attached hydrogen (secondary N) is 1. The highest BCUT2D eigenvalue weighted by molar-refractivity contribution is 9.09. The number of hydrogen-bond acceptors (Lipinski definition) is 2. The fourth-order valence-electron chi connectivity index (χ4n) is 3.09. The lowest BCUT2D eigenvalue weighted by Crippen LogP contribution is -2.40. The highest BCUT2D eigenvalue weighted by atomic mass is 79.9. The van der Waals surface area contributed by atoms with Gasteiger partial charge in [0, 0.05) is 11.4 Å². The largest absolute Gasteiger partial charge is 0.492 e. The van der Waals surface area contributed by atoms with Crippen molar-refractivity contribution in [1.29, 1.82) is 0 Å². The van der Waals surface area contributed by atoms with Crippen LogP contribution in [-0.4, -0.2) is 23.9 Å². The van der Waals surface area contributed by atoms with Gasteiger partial charge in [0.25, 0.3) is 0 Å². The summed E-state index contributed by atoms with van der Waals surface area (Å²) < 4.78 is 5.68. The van der Waals surface area contributed by atoms with Crippen molar-refractivity contribution in [1.82, 2.24) is 5.32 Å². The van der Waals surface area contributed by atoms with Crippen LogP contribution in [0.25, 0.3) is 0 Å². The van der Waals surface area contributed by atoms with Crippen LogP contribution in [0.4, 0.5) is 0 Å². The van der Waals surface area contributed by atoms with Gasteiger partial charge in [-0.15, -0.1) is 0 Å². The molecule has 0 spiro atoms. The summed E-state index contributed by atoms with van der Waals surface area (Å²) in [6, 6.07) is 7.98. The summed E-state index contributed by atoms with van der Waals surface area (Å²) in [4.78, 5) is 12.8. The average Bonchev–Trinajstić information content (AvgIpc) is 2.89. The Hall–Kier alpha value is -1.03. The number of hydrogen-bond donors (Lipinski definition) is 1. The van der Waals surface area contributed by atoms with Gasteiger partial charge in [0.15, 0.2) is 0 Å². The zero-order valence-corrected chi connectivity index (χ0v) is 13.1. The third kappa shape index (κ3) is 3.00. The predicted molar refractivity (Wildman–Crippen MR) is 82.2 cm³/mol. The van der Waals surface area contributed by atoms with E-state index >= 15 is 0 Å². The van der Waals surface area contributed by atoms with Gasteiger partial charge in [-0.2, -0.15) is 0 Å². The van der Waals surface area contributed by atoms with Gasteiger partial charge in [0.05, 0.1) is 5.92 Å². The minimum Gasteiger partial charge on any atom is -0.492 e. The molecular formula is C16H20BrNO2. The molecule has 20 heavy (non-hydrogen) atoms. The van der Waals surface area contributed by atoms with Gasteiger partial charge < -0.3 is 10.1 Å². The first kappa shape index (κ1) is 13.9. The van der Waals surface area contributed by atoms with Gasteiger partial charge in [0.2, 0.25) is 5.91 Å². The average molecular weight is 338 g/mol. The molecule has 1 heterocycles. The molecule has 3 rings (SSSR count). The lowest BCUT2D eigenvalue weighted by Gasteiger charge is -2.25. The van der Waals surface area contributed by atoms with E-state index in [2.05, 4.69) is 21.2 Å². The van der Waals surface area contributed by atoms with Gasteiger partial charge in [-0.25, -0.2) is 0 Å². The summed E-state index contributed by atoms with van der Waals surface area (Å²) in [5, 5.41) is 3.11. The molecule has 1 saturated carbocycles. The number of halogens is 1. The Bertz CT molecular complexity index is 491. The molecule has 1 fully saturated rings. The maximum Gasteiger partial charge on any atom is 0.226 e. The van der Waals surface area contributed by atoms with E-state index in [4.69, 9.17) is 4.74 Å². The monoisotopic (exact) mass is 337 g/mol. The minimum absolute atomic E-state index is 0.0555. The zero-order valence-electron chi connectivity index (χ0n) is 11.5. The van der Waals surface area contributed by atoms with Crippen molar-refractivity contribution >= 4 is 21.8 Å². The molecule has 1 amide bonds. The number of ether oxygens (including phenoxy) is 1. The van der Waals surface area contributed by atoms with E-state index in [1.54, 1.807) is 0 Å². The van der Waals surface area contributed by atoms with Crippen LogP contribution < -0.4 is 10.1 Å². The van der Waals surface area contributed by atoms with Crippen LogP contribution in [0.2, 0.25) is 0 Å². The second-order valence-electron chi connectivity index (χ2n) is 5.77. The molecule has 1 aliphatic heterocycles. The number of rotatable bonds is 3. The lowest BCUT2D eigenvalue weighted by atomic mass is 9.96. The summed E-state index contributed by atoms with van der Waals surface area (Å²) >= 11 is 3.70. The van der Waals surface area contributed by atoms with E-state index in [0.717, 1.165) is 24.3 Å². The Kier molecular flexibility index (Phi) is 4.29. The molecule has 3 atom stereocenters. The third-order valence-electron chi connectivity index (χ3n) is 4.35. The second-order valence-corrected chi connectivity index (χ2v) is 6.95. The molecule has 2 aliphatic rings. The summed E-state index contributed by atoms with van der Waals surface area (Å²) in [6.45, 7) is 1.28. The van der Waals surface area contributed by atoms with E-state index in [9.17, 15) is 4.79 Å². The molecule has 1 N–H and O–H groups in total. The van der Waals surface area contributed by atoms with Crippen molar-refractivity contribution < 1.29 is 9.53 Å². The Labute approximate surface area is 128 Å². The van der Waals surface area contributed by atoms with E-state index < -0.39 is 0 Å². The first-order valence-corrected chi connectivity index (χ1v) is 8.28. The maximum atomic E-state index is 12.3. The summed E-state index contributed by atoms with van der Waals surface area (Å²) in [5.74, 6) is 1.58. The Morgan fingerprint density at radius 2 is 2.20 bits per heavy atom. The van der Waals surface area contributed by atoms with Crippen LogP contribution in [-0.2, 0) is 11.2 Å². The maximum absolute atomic E-state index is 12.3. The van der Waals surface area contributed by atoms with Gasteiger partial charge in [0.1, 0.15) is 12.4 Å². The van der Waals surface area contributed by atoms with Crippen molar-refractivity contribution in [2.75, 3.05) is 13.2 Å². The topological polar surface area (TPSA) is 38.3 Å². The fourth-order valence-corrected chi connectivity index (χ4v) is 3.87. The van der Waals surface area contributed by atoms with Gasteiger partial charge >= 0.3 is 0 Å².